The lowest BCUT2D eigenvalue weighted by Gasteiger charge is -2.21. The quantitative estimate of drug-likeness (QED) is 0.250. The first-order valence-corrected chi connectivity index (χ1v) is 13.6. The molecule has 4 aromatic rings. The number of aromatic nitrogens is 1. The molecule has 5 nitrogen and oxygen atoms in total. The van der Waals surface area contributed by atoms with Gasteiger partial charge in [-0.25, -0.2) is 13.2 Å². The van der Waals surface area contributed by atoms with E-state index in [0.29, 0.717) is 22.4 Å². The average molecular weight is 571 g/mol. The molecule has 8 heteroatoms. The Hall–Kier alpha value is -4.59. The lowest BCUT2D eigenvalue weighted by molar-refractivity contribution is -0.125. The van der Waals surface area contributed by atoms with Gasteiger partial charge in [0.05, 0.1) is 17.2 Å². The van der Waals surface area contributed by atoms with Gasteiger partial charge in [-0.15, -0.1) is 0 Å². The summed E-state index contributed by atoms with van der Waals surface area (Å²) in [6, 6.07) is 14.4. The van der Waals surface area contributed by atoms with E-state index in [-0.39, 0.29) is 42.8 Å². The Morgan fingerprint density at radius 2 is 1.69 bits per heavy atom. The minimum atomic E-state index is -0.936. The maximum absolute atomic E-state index is 14.3. The highest BCUT2D eigenvalue weighted by Gasteiger charge is 2.35. The van der Waals surface area contributed by atoms with Crippen LogP contribution in [0, 0.1) is 31.3 Å². The van der Waals surface area contributed by atoms with Gasteiger partial charge in [-0.05, 0) is 84.0 Å². The van der Waals surface area contributed by atoms with Crippen LogP contribution in [0.5, 0.6) is 0 Å². The van der Waals surface area contributed by atoms with Crippen molar-refractivity contribution in [2.75, 3.05) is 0 Å². The van der Waals surface area contributed by atoms with Crippen LogP contribution < -0.4 is 5.73 Å². The van der Waals surface area contributed by atoms with Crippen molar-refractivity contribution in [3.8, 4) is 11.1 Å². The molecule has 2 atom stereocenters. The van der Waals surface area contributed by atoms with Gasteiger partial charge in [0.15, 0.2) is 0 Å². The molecule has 1 amide bonds. The highest BCUT2D eigenvalue weighted by atomic mass is 19.1. The number of pyridine rings is 1. The first kappa shape index (κ1) is 28.9. The minimum absolute atomic E-state index is 0.00528. The molecule has 0 saturated carbocycles. The highest BCUT2D eigenvalue weighted by Crippen LogP contribution is 2.39. The van der Waals surface area contributed by atoms with E-state index < -0.39 is 35.2 Å². The van der Waals surface area contributed by atoms with Gasteiger partial charge >= 0.3 is 0 Å². The van der Waals surface area contributed by atoms with Crippen molar-refractivity contribution < 1.29 is 27.6 Å². The molecule has 0 bridgehead atoms. The fraction of sp³-hybridized carbons (Fsp3) is 0.235. The maximum Gasteiger partial charge on any atom is 0.251 e. The number of hydrogen-bond acceptors (Lipinski definition) is 4. The summed E-state index contributed by atoms with van der Waals surface area (Å²) >= 11 is 0. The van der Waals surface area contributed by atoms with Crippen LogP contribution in [0.3, 0.4) is 0 Å². The molecule has 1 aliphatic carbocycles. The summed E-state index contributed by atoms with van der Waals surface area (Å²) in [5.41, 5.74) is 10.6. The minimum Gasteiger partial charge on any atom is -0.366 e. The van der Waals surface area contributed by atoms with E-state index in [1.54, 1.807) is 12.1 Å². The molecule has 1 aliphatic rings. The molecule has 0 saturated heterocycles. The predicted molar refractivity (Wildman–Crippen MR) is 153 cm³/mol. The summed E-state index contributed by atoms with van der Waals surface area (Å²) in [5.74, 6) is -4.62. The van der Waals surface area contributed by atoms with Gasteiger partial charge in [0, 0.05) is 43.0 Å². The number of ketones is 2. The number of Topliss-reactive ketones (excluding diaryl/α,β-unsaturated/α-hetero) is 2. The van der Waals surface area contributed by atoms with Gasteiger partial charge in [0.2, 0.25) is 0 Å². The van der Waals surface area contributed by atoms with Crippen LogP contribution in [-0.4, -0.2) is 22.5 Å². The van der Waals surface area contributed by atoms with Crippen molar-refractivity contribution in [3.05, 3.63) is 123 Å². The zero-order valence-corrected chi connectivity index (χ0v) is 23.2. The van der Waals surface area contributed by atoms with Crippen LogP contribution in [-0.2, 0) is 22.4 Å². The molecular formula is C34H29F3N2O3. The fourth-order valence-corrected chi connectivity index (χ4v) is 6.02. The van der Waals surface area contributed by atoms with E-state index in [2.05, 4.69) is 4.98 Å². The summed E-state index contributed by atoms with van der Waals surface area (Å²) in [4.78, 5) is 43.0. The number of nitrogens with zero attached hydrogens (tertiary/aromatic N) is 1. The molecule has 0 radical (unpaired) electrons. The Labute approximate surface area is 241 Å². The molecule has 42 heavy (non-hydrogen) atoms. The molecule has 2 N–H and O–H groups in total. The van der Waals surface area contributed by atoms with E-state index in [0.717, 1.165) is 34.4 Å². The molecule has 214 valence electrons. The second-order valence-electron chi connectivity index (χ2n) is 10.9. The number of carbonyl (C=O) groups is 3. The van der Waals surface area contributed by atoms with Crippen LogP contribution in [0.1, 0.15) is 68.5 Å². The number of amides is 1. The van der Waals surface area contributed by atoms with Crippen molar-refractivity contribution in [3.63, 3.8) is 0 Å². The summed E-state index contributed by atoms with van der Waals surface area (Å²) < 4.78 is 42.5. The Bertz CT molecular complexity index is 1710. The van der Waals surface area contributed by atoms with Crippen LogP contribution in [0.25, 0.3) is 11.1 Å². The van der Waals surface area contributed by atoms with Crippen LogP contribution in [0.4, 0.5) is 13.2 Å². The first-order chi connectivity index (χ1) is 20.0. The SMILES string of the molecule is Cc1ccc(C)c2c1CC(=O)C2CC(=O)C[C@@H](Cc1cc(F)cc(F)c1)c1ncccc1-c1ccc(F)c(C(N)=O)c1. The second kappa shape index (κ2) is 11.7. The molecule has 0 fully saturated rings. The van der Waals surface area contributed by atoms with Gasteiger partial charge < -0.3 is 5.73 Å². The van der Waals surface area contributed by atoms with Gasteiger partial charge in [0.25, 0.3) is 5.91 Å². The van der Waals surface area contributed by atoms with Crippen molar-refractivity contribution in [1.29, 1.82) is 0 Å². The summed E-state index contributed by atoms with van der Waals surface area (Å²) in [7, 11) is 0. The molecular weight excluding hydrogens is 541 g/mol. The zero-order chi connectivity index (χ0) is 30.1. The molecule has 3 aromatic carbocycles. The smallest absolute Gasteiger partial charge is 0.251 e. The average Bonchev–Trinajstić information content (AvgIpc) is 3.26. The number of hydrogen-bond donors (Lipinski definition) is 1. The van der Waals surface area contributed by atoms with Crippen LogP contribution in [0.2, 0.25) is 0 Å². The number of halogens is 3. The Kier molecular flexibility index (Phi) is 8.07. The molecule has 5 rings (SSSR count). The third-order valence-electron chi connectivity index (χ3n) is 7.98. The van der Waals surface area contributed by atoms with Crippen LogP contribution in [0.15, 0.2) is 66.9 Å². The lowest BCUT2D eigenvalue weighted by atomic mass is 9.83. The number of carbonyl (C=O) groups excluding carboxylic acids is 3. The fourth-order valence-electron chi connectivity index (χ4n) is 6.02. The Balaban J connectivity index is 1.52. The monoisotopic (exact) mass is 570 g/mol. The standard InChI is InChI=1S/C34H29F3N2O3/c1-18-5-6-19(2)32-27(18)17-31(41)29(32)16-25(40)13-22(10-20-11-23(35)15-24(36)12-20)33-26(4-3-9-39-33)21-7-8-30(37)28(14-21)34(38)42/h3-9,11-12,14-15,22,29H,10,13,16-17H2,1-2H3,(H2,38,42)/t22-,29?/m1/s1. The number of benzene rings is 3. The van der Waals surface area contributed by atoms with Crippen molar-refractivity contribution >= 4 is 17.5 Å². The first-order valence-electron chi connectivity index (χ1n) is 13.6. The summed E-state index contributed by atoms with van der Waals surface area (Å²) in [6.45, 7) is 3.88. The van der Waals surface area contributed by atoms with Gasteiger partial charge in [-0.2, -0.15) is 0 Å². The number of rotatable bonds is 9. The predicted octanol–water partition coefficient (Wildman–Crippen LogP) is 6.47. The molecule has 1 heterocycles. The van der Waals surface area contributed by atoms with E-state index in [9.17, 15) is 27.6 Å². The Morgan fingerprint density at radius 3 is 2.40 bits per heavy atom. The van der Waals surface area contributed by atoms with E-state index in [4.69, 9.17) is 5.73 Å². The Morgan fingerprint density at radius 1 is 0.976 bits per heavy atom. The molecule has 0 spiro atoms. The maximum atomic E-state index is 14.3. The summed E-state index contributed by atoms with van der Waals surface area (Å²) in [6.07, 6.45) is 1.82. The zero-order valence-electron chi connectivity index (χ0n) is 23.2. The molecule has 1 aromatic heterocycles. The van der Waals surface area contributed by atoms with Crippen molar-refractivity contribution in [2.24, 2.45) is 5.73 Å². The molecule has 1 unspecified atom stereocenters. The third-order valence-corrected chi connectivity index (χ3v) is 7.98. The number of fused-ring (bicyclic) bond motifs is 1. The normalized spacial score (nSPS) is 15.0. The largest absolute Gasteiger partial charge is 0.366 e. The summed E-state index contributed by atoms with van der Waals surface area (Å²) in [5, 5.41) is 0. The second-order valence-corrected chi connectivity index (χ2v) is 10.9. The lowest BCUT2D eigenvalue weighted by Crippen LogP contribution is -2.17. The number of primary amides is 1. The van der Waals surface area contributed by atoms with E-state index in [1.165, 1.54) is 30.5 Å². The van der Waals surface area contributed by atoms with Gasteiger partial charge in [0.1, 0.15) is 29.0 Å². The van der Waals surface area contributed by atoms with Crippen LogP contribution >= 0.6 is 0 Å². The van der Waals surface area contributed by atoms with Crippen molar-refractivity contribution in [2.45, 2.75) is 51.4 Å². The van der Waals surface area contributed by atoms with Gasteiger partial charge in [-0.1, -0.05) is 24.3 Å². The number of aryl methyl sites for hydroxylation is 2. The third kappa shape index (κ3) is 5.88. The topological polar surface area (TPSA) is 90.1 Å². The highest BCUT2D eigenvalue weighted by molar-refractivity contribution is 5.97. The molecule has 0 aliphatic heterocycles. The van der Waals surface area contributed by atoms with Crippen molar-refractivity contribution in [1.82, 2.24) is 4.98 Å². The van der Waals surface area contributed by atoms with E-state index in [1.807, 2.05) is 26.0 Å². The number of nitrogens with two attached hydrogens (primary N) is 1. The van der Waals surface area contributed by atoms with E-state index >= 15 is 0 Å². The van der Waals surface area contributed by atoms with Gasteiger partial charge in [-0.3, -0.25) is 19.4 Å².